The van der Waals surface area contributed by atoms with Crippen molar-refractivity contribution in [2.24, 2.45) is 0 Å². The van der Waals surface area contributed by atoms with E-state index >= 15 is 0 Å². The summed E-state index contributed by atoms with van der Waals surface area (Å²) in [6, 6.07) is 12.9. The molecule has 1 aromatic heterocycles. The van der Waals surface area contributed by atoms with Crippen LogP contribution in [0, 0.1) is 6.92 Å². The third-order valence-electron chi connectivity index (χ3n) is 3.04. The summed E-state index contributed by atoms with van der Waals surface area (Å²) in [5, 5.41) is 3.28. The number of aryl methyl sites for hydroxylation is 1. The number of rotatable bonds is 5. The van der Waals surface area contributed by atoms with Crippen LogP contribution in [0.5, 0.6) is 0 Å². The zero-order chi connectivity index (χ0) is 13.0. The Balaban J connectivity index is 2.17. The molecule has 0 aliphatic carbocycles. The largest absolute Gasteiger partial charge is 0.319 e. The molecule has 0 amide bonds. The highest BCUT2D eigenvalue weighted by molar-refractivity contribution is 7.16. The average molecular weight is 280 g/mol. The van der Waals surface area contributed by atoms with Gasteiger partial charge >= 0.3 is 0 Å². The summed E-state index contributed by atoms with van der Waals surface area (Å²) in [6.07, 6.45) is 1.04. The van der Waals surface area contributed by atoms with Crippen LogP contribution in [-0.2, 0) is 6.42 Å². The van der Waals surface area contributed by atoms with E-state index in [1.807, 2.05) is 13.1 Å². The molecule has 0 radical (unpaired) electrons. The van der Waals surface area contributed by atoms with Gasteiger partial charge in [-0.25, -0.2) is 0 Å². The lowest BCUT2D eigenvalue weighted by molar-refractivity contribution is 0.629. The molecule has 0 spiro atoms. The van der Waals surface area contributed by atoms with Crippen LogP contribution < -0.4 is 5.32 Å². The maximum absolute atomic E-state index is 6.00. The summed E-state index contributed by atoms with van der Waals surface area (Å²) in [4.78, 5) is 1.35. The molecule has 0 aliphatic heterocycles. The molecule has 0 fully saturated rings. The van der Waals surface area contributed by atoms with Gasteiger partial charge < -0.3 is 5.32 Å². The molecule has 0 saturated carbocycles. The Hall–Kier alpha value is -0.830. The fourth-order valence-electron chi connectivity index (χ4n) is 2.18. The molecule has 2 aromatic rings. The second-order valence-corrected chi connectivity index (χ2v) is 6.38. The number of halogens is 1. The van der Waals surface area contributed by atoms with E-state index in [4.69, 9.17) is 11.6 Å². The lowest BCUT2D eigenvalue weighted by atomic mass is 9.94. The average Bonchev–Trinajstić information content (AvgIpc) is 2.74. The zero-order valence-electron chi connectivity index (χ0n) is 10.7. The van der Waals surface area contributed by atoms with Crippen molar-refractivity contribution in [3.63, 3.8) is 0 Å². The first kappa shape index (κ1) is 13.6. The zero-order valence-corrected chi connectivity index (χ0v) is 12.3. The number of hydrogen-bond donors (Lipinski definition) is 1. The first-order valence-corrected chi connectivity index (χ1v) is 7.34. The van der Waals surface area contributed by atoms with Crippen LogP contribution >= 0.6 is 22.9 Å². The molecule has 0 saturated heterocycles. The van der Waals surface area contributed by atoms with E-state index in [0.717, 1.165) is 17.3 Å². The maximum atomic E-state index is 6.00. The highest BCUT2D eigenvalue weighted by Gasteiger charge is 2.13. The summed E-state index contributed by atoms with van der Waals surface area (Å²) in [5.74, 6) is 0.504. The lowest BCUT2D eigenvalue weighted by Crippen LogP contribution is -2.18. The number of thiophene rings is 1. The van der Waals surface area contributed by atoms with Crippen molar-refractivity contribution in [2.75, 3.05) is 13.6 Å². The van der Waals surface area contributed by atoms with Crippen LogP contribution in [0.15, 0.2) is 36.4 Å². The van der Waals surface area contributed by atoms with Gasteiger partial charge in [-0.2, -0.15) is 0 Å². The molecule has 1 heterocycles. The van der Waals surface area contributed by atoms with Gasteiger partial charge in [0.25, 0.3) is 0 Å². The van der Waals surface area contributed by atoms with Crippen LogP contribution in [0.1, 0.15) is 21.9 Å². The van der Waals surface area contributed by atoms with Gasteiger partial charge in [-0.1, -0.05) is 41.4 Å². The molecule has 3 heteroatoms. The first-order valence-electron chi connectivity index (χ1n) is 6.14. The standard InChI is InChI=1S/C15H18ClNS/c1-11-4-3-5-12(8-11)13(10-17-2)9-14-6-7-15(16)18-14/h3-8,13,17H,9-10H2,1-2H3. The van der Waals surface area contributed by atoms with Crippen molar-refractivity contribution in [3.05, 3.63) is 56.7 Å². The Bertz CT molecular complexity index is 507. The molecule has 1 N–H and O–H groups in total. The SMILES string of the molecule is CNCC(Cc1ccc(Cl)s1)c1cccc(C)c1. The maximum Gasteiger partial charge on any atom is 0.0931 e. The van der Waals surface area contributed by atoms with E-state index in [1.54, 1.807) is 11.3 Å². The third kappa shape index (κ3) is 3.58. The molecular weight excluding hydrogens is 262 g/mol. The number of nitrogens with one attached hydrogen (secondary N) is 1. The van der Waals surface area contributed by atoms with Gasteiger partial charge in [0.05, 0.1) is 4.34 Å². The summed E-state index contributed by atoms with van der Waals surface area (Å²) >= 11 is 7.67. The minimum Gasteiger partial charge on any atom is -0.319 e. The molecule has 96 valence electrons. The molecule has 18 heavy (non-hydrogen) atoms. The molecule has 0 aliphatic rings. The molecule has 1 nitrogen and oxygen atoms in total. The van der Waals surface area contributed by atoms with Gasteiger partial charge in [0, 0.05) is 17.3 Å². The Morgan fingerprint density at radius 1 is 1.28 bits per heavy atom. The van der Waals surface area contributed by atoms with Crippen molar-refractivity contribution in [2.45, 2.75) is 19.3 Å². The summed E-state index contributed by atoms with van der Waals surface area (Å²) in [5.41, 5.74) is 2.71. The van der Waals surface area contributed by atoms with Crippen LogP contribution in [0.4, 0.5) is 0 Å². The molecule has 1 unspecified atom stereocenters. The number of benzene rings is 1. The highest BCUT2D eigenvalue weighted by atomic mass is 35.5. The fourth-order valence-corrected chi connectivity index (χ4v) is 3.35. The van der Waals surface area contributed by atoms with E-state index in [2.05, 4.69) is 42.6 Å². The van der Waals surface area contributed by atoms with Crippen LogP contribution in [0.3, 0.4) is 0 Å². The number of hydrogen-bond acceptors (Lipinski definition) is 2. The fraction of sp³-hybridized carbons (Fsp3) is 0.333. The smallest absolute Gasteiger partial charge is 0.0931 e. The molecule has 2 rings (SSSR count). The Labute approximate surface area is 118 Å². The quantitative estimate of drug-likeness (QED) is 0.862. The van der Waals surface area contributed by atoms with Crippen molar-refractivity contribution < 1.29 is 0 Å². The predicted molar refractivity (Wildman–Crippen MR) is 80.9 cm³/mol. The summed E-state index contributed by atoms with van der Waals surface area (Å²) < 4.78 is 0.873. The Morgan fingerprint density at radius 3 is 2.72 bits per heavy atom. The van der Waals surface area contributed by atoms with E-state index in [-0.39, 0.29) is 0 Å². The van der Waals surface area contributed by atoms with E-state index in [9.17, 15) is 0 Å². The van der Waals surface area contributed by atoms with E-state index in [1.165, 1.54) is 16.0 Å². The minimum absolute atomic E-state index is 0.504. The second-order valence-electron chi connectivity index (χ2n) is 4.58. The van der Waals surface area contributed by atoms with E-state index in [0.29, 0.717) is 5.92 Å². The predicted octanol–water partition coefficient (Wildman–Crippen LogP) is 4.26. The number of likely N-dealkylation sites (N-methyl/N-ethyl adjacent to an activating group) is 1. The van der Waals surface area contributed by atoms with Crippen molar-refractivity contribution >= 4 is 22.9 Å². The van der Waals surface area contributed by atoms with Crippen LogP contribution in [0.25, 0.3) is 0 Å². The highest BCUT2D eigenvalue weighted by Crippen LogP contribution is 2.27. The minimum atomic E-state index is 0.504. The van der Waals surface area contributed by atoms with Gasteiger partial charge in [-0.3, -0.25) is 0 Å². The van der Waals surface area contributed by atoms with Gasteiger partial charge in [0.2, 0.25) is 0 Å². The summed E-state index contributed by atoms with van der Waals surface area (Å²) in [6.45, 7) is 3.13. The first-order chi connectivity index (χ1) is 8.69. The van der Waals surface area contributed by atoms with Gasteiger partial charge in [-0.05, 0) is 38.1 Å². The van der Waals surface area contributed by atoms with E-state index < -0.39 is 0 Å². The van der Waals surface area contributed by atoms with Gasteiger partial charge in [0.15, 0.2) is 0 Å². The van der Waals surface area contributed by atoms with Crippen molar-refractivity contribution in [1.82, 2.24) is 5.32 Å². The van der Waals surface area contributed by atoms with Crippen molar-refractivity contribution in [1.29, 1.82) is 0 Å². The van der Waals surface area contributed by atoms with Crippen LogP contribution in [-0.4, -0.2) is 13.6 Å². The molecule has 1 atom stereocenters. The molecular formula is C15H18ClNS. The molecule has 0 bridgehead atoms. The summed E-state index contributed by atoms with van der Waals surface area (Å²) in [7, 11) is 2.00. The normalized spacial score (nSPS) is 12.6. The van der Waals surface area contributed by atoms with Crippen LogP contribution in [0.2, 0.25) is 4.34 Å². The van der Waals surface area contributed by atoms with Gasteiger partial charge in [-0.15, -0.1) is 11.3 Å². The monoisotopic (exact) mass is 279 g/mol. The Kier molecular flexibility index (Phi) is 4.81. The third-order valence-corrected chi connectivity index (χ3v) is 4.29. The van der Waals surface area contributed by atoms with Gasteiger partial charge in [0.1, 0.15) is 0 Å². The topological polar surface area (TPSA) is 12.0 Å². The van der Waals surface area contributed by atoms with Crippen molar-refractivity contribution in [3.8, 4) is 0 Å². The Morgan fingerprint density at radius 2 is 2.11 bits per heavy atom. The second kappa shape index (κ2) is 6.37. The molecule has 1 aromatic carbocycles. The lowest BCUT2D eigenvalue weighted by Gasteiger charge is -2.16.